The highest BCUT2D eigenvalue weighted by atomic mass is 19.4. The van der Waals surface area contributed by atoms with Crippen molar-refractivity contribution in [3.63, 3.8) is 0 Å². The third-order valence-corrected chi connectivity index (χ3v) is 2.51. The van der Waals surface area contributed by atoms with Gasteiger partial charge in [0.25, 0.3) is 0 Å². The lowest BCUT2D eigenvalue weighted by atomic mass is 10.0. The molecule has 0 fully saturated rings. The van der Waals surface area contributed by atoms with E-state index in [1.54, 1.807) is 6.07 Å². The van der Waals surface area contributed by atoms with E-state index in [1.165, 1.54) is 0 Å². The minimum absolute atomic E-state index is 0.275. The number of nitrogens with zero attached hydrogens (tertiary/aromatic N) is 2. The van der Waals surface area contributed by atoms with E-state index in [0.717, 1.165) is 24.3 Å². The Bertz CT molecular complexity index is 701. The number of aromatic nitrogens is 1. The summed E-state index contributed by atoms with van der Waals surface area (Å²) in [7, 11) is 0. The van der Waals surface area contributed by atoms with Crippen molar-refractivity contribution in [3.8, 4) is 17.3 Å². The summed E-state index contributed by atoms with van der Waals surface area (Å²) >= 11 is 0. The maximum Gasteiger partial charge on any atom is 0.433 e. The SMILES string of the molecule is N#Cc1ccc(C(F)(F)F)nc1-c1cccc(F)c1F. The van der Waals surface area contributed by atoms with E-state index >= 15 is 0 Å². The lowest BCUT2D eigenvalue weighted by molar-refractivity contribution is -0.141. The number of halogens is 5. The Kier molecular flexibility index (Phi) is 3.40. The molecule has 0 aliphatic carbocycles. The molecule has 0 saturated heterocycles. The minimum atomic E-state index is -4.74. The highest BCUT2D eigenvalue weighted by molar-refractivity contribution is 5.67. The molecular weight excluding hydrogens is 279 g/mol. The number of alkyl halides is 3. The maximum atomic E-state index is 13.6. The fourth-order valence-electron chi connectivity index (χ4n) is 1.60. The summed E-state index contributed by atoms with van der Waals surface area (Å²) in [6, 6.07) is 6.08. The average Bonchev–Trinajstić information content (AvgIpc) is 2.40. The number of pyridine rings is 1. The molecule has 0 amide bonds. The highest BCUT2D eigenvalue weighted by Crippen LogP contribution is 2.32. The second kappa shape index (κ2) is 4.89. The summed E-state index contributed by atoms with van der Waals surface area (Å²) in [5.74, 6) is -2.58. The Labute approximate surface area is 110 Å². The normalized spacial score (nSPS) is 11.2. The van der Waals surface area contributed by atoms with Crippen molar-refractivity contribution in [3.05, 3.63) is 53.2 Å². The molecule has 20 heavy (non-hydrogen) atoms. The molecule has 7 heteroatoms. The van der Waals surface area contributed by atoms with Gasteiger partial charge in [0.1, 0.15) is 11.8 Å². The van der Waals surface area contributed by atoms with Crippen LogP contribution in [0.5, 0.6) is 0 Å². The molecule has 1 aromatic heterocycles. The fraction of sp³-hybridized carbons (Fsp3) is 0.0769. The van der Waals surface area contributed by atoms with Crippen LogP contribution in [0.15, 0.2) is 30.3 Å². The molecule has 0 aliphatic rings. The molecule has 2 aromatic rings. The van der Waals surface area contributed by atoms with Gasteiger partial charge in [0.15, 0.2) is 11.6 Å². The van der Waals surface area contributed by atoms with Crippen molar-refractivity contribution in [2.45, 2.75) is 6.18 Å². The van der Waals surface area contributed by atoms with Crippen LogP contribution >= 0.6 is 0 Å². The first-order chi connectivity index (χ1) is 9.34. The average molecular weight is 284 g/mol. The summed E-state index contributed by atoms with van der Waals surface area (Å²) in [5.41, 5.74) is -2.59. The molecule has 0 bridgehead atoms. The molecule has 0 N–H and O–H groups in total. The second-order valence-corrected chi connectivity index (χ2v) is 3.80. The zero-order valence-corrected chi connectivity index (χ0v) is 9.67. The number of hydrogen-bond acceptors (Lipinski definition) is 2. The monoisotopic (exact) mass is 284 g/mol. The molecule has 2 rings (SSSR count). The van der Waals surface area contributed by atoms with Crippen molar-refractivity contribution in [1.82, 2.24) is 4.98 Å². The molecule has 1 aromatic carbocycles. The van der Waals surface area contributed by atoms with Crippen molar-refractivity contribution < 1.29 is 22.0 Å². The Morgan fingerprint density at radius 2 is 1.75 bits per heavy atom. The number of hydrogen-bond donors (Lipinski definition) is 0. The van der Waals surface area contributed by atoms with E-state index in [9.17, 15) is 22.0 Å². The van der Waals surface area contributed by atoms with Gasteiger partial charge in [-0.3, -0.25) is 0 Å². The van der Waals surface area contributed by atoms with Crippen molar-refractivity contribution in [2.75, 3.05) is 0 Å². The Morgan fingerprint density at radius 3 is 2.35 bits per heavy atom. The highest BCUT2D eigenvalue weighted by Gasteiger charge is 2.33. The molecule has 0 spiro atoms. The maximum absolute atomic E-state index is 13.6. The molecule has 0 unspecified atom stereocenters. The molecule has 2 nitrogen and oxygen atoms in total. The van der Waals surface area contributed by atoms with Gasteiger partial charge in [-0.25, -0.2) is 13.8 Å². The standard InChI is InChI=1S/C13H5F5N2/c14-9-3-1-2-8(11(9)15)12-7(6-19)4-5-10(20-12)13(16,17)18/h1-5H. The van der Waals surface area contributed by atoms with Gasteiger partial charge in [-0.2, -0.15) is 18.4 Å². The van der Waals surface area contributed by atoms with Crippen LogP contribution in [-0.4, -0.2) is 4.98 Å². The summed E-state index contributed by atoms with van der Waals surface area (Å²) in [6.07, 6.45) is -4.74. The van der Waals surface area contributed by atoms with Crippen LogP contribution < -0.4 is 0 Å². The molecule has 102 valence electrons. The van der Waals surface area contributed by atoms with Gasteiger partial charge in [0.05, 0.1) is 11.3 Å². The van der Waals surface area contributed by atoms with Crippen LogP contribution in [0.4, 0.5) is 22.0 Å². The van der Waals surface area contributed by atoms with E-state index in [2.05, 4.69) is 4.98 Å². The largest absolute Gasteiger partial charge is 0.433 e. The van der Waals surface area contributed by atoms with E-state index in [0.29, 0.717) is 6.07 Å². The third kappa shape index (κ3) is 2.45. The third-order valence-electron chi connectivity index (χ3n) is 2.51. The Balaban J connectivity index is 2.72. The molecule has 0 radical (unpaired) electrons. The van der Waals surface area contributed by atoms with E-state index in [-0.39, 0.29) is 5.56 Å². The minimum Gasteiger partial charge on any atom is -0.242 e. The van der Waals surface area contributed by atoms with Crippen molar-refractivity contribution >= 4 is 0 Å². The van der Waals surface area contributed by atoms with E-state index in [4.69, 9.17) is 5.26 Å². The van der Waals surface area contributed by atoms with Gasteiger partial charge in [-0.1, -0.05) is 6.07 Å². The first kappa shape index (κ1) is 13.9. The number of nitriles is 1. The molecule has 0 atom stereocenters. The topological polar surface area (TPSA) is 36.7 Å². The lowest BCUT2D eigenvalue weighted by Gasteiger charge is -2.10. The predicted octanol–water partition coefficient (Wildman–Crippen LogP) is 3.92. The van der Waals surface area contributed by atoms with Gasteiger partial charge in [-0.15, -0.1) is 0 Å². The zero-order chi connectivity index (χ0) is 14.9. The molecule has 0 aliphatic heterocycles. The van der Waals surface area contributed by atoms with Gasteiger partial charge in [-0.05, 0) is 24.3 Å². The van der Waals surface area contributed by atoms with Crippen LogP contribution in [0.2, 0.25) is 0 Å². The first-order valence-electron chi connectivity index (χ1n) is 5.27. The van der Waals surface area contributed by atoms with Gasteiger partial charge >= 0.3 is 6.18 Å². The summed E-state index contributed by atoms with van der Waals surface area (Å²) in [4.78, 5) is 3.23. The molecule has 1 heterocycles. The number of rotatable bonds is 1. The van der Waals surface area contributed by atoms with Crippen LogP contribution in [-0.2, 0) is 6.18 Å². The van der Waals surface area contributed by atoms with Crippen LogP contribution in [0.25, 0.3) is 11.3 Å². The van der Waals surface area contributed by atoms with Gasteiger partial charge in [0.2, 0.25) is 0 Å². The quantitative estimate of drug-likeness (QED) is 0.744. The summed E-state index contributed by atoms with van der Waals surface area (Å²) < 4.78 is 64.5. The first-order valence-corrected chi connectivity index (χ1v) is 5.27. The zero-order valence-electron chi connectivity index (χ0n) is 9.67. The summed E-state index contributed by atoms with van der Waals surface area (Å²) in [6.45, 7) is 0. The predicted molar refractivity (Wildman–Crippen MR) is 59.3 cm³/mol. The van der Waals surface area contributed by atoms with Gasteiger partial charge < -0.3 is 0 Å². The van der Waals surface area contributed by atoms with Crippen LogP contribution in [0.1, 0.15) is 11.3 Å². The van der Waals surface area contributed by atoms with Crippen LogP contribution in [0.3, 0.4) is 0 Å². The Hall–Kier alpha value is -2.49. The van der Waals surface area contributed by atoms with Gasteiger partial charge in [0, 0.05) is 5.56 Å². The van der Waals surface area contributed by atoms with E-state index < -0.39 is 34.8 Å². The molecule has 0 saturated carbocycles. The summed E-state index contributed by atoms with van der Waals surface area (Å²) in [5, 5.41) is 8.85. The van der Waals surface area contributed by atoms with Crippen molar-refractivity contribution in [1.29, 1.82) is 5.26 Å². The molecular formula is C13H5F5N2. The fourth-order valence-corrected chi connectivity index (χ4v) is 1.60. The van der Waals surface area contributed by atoms with Crippen LogP contribution in [0, 0.1) is 23.0 Å². The Morgan fingerprint density at radius 1 is 1.05 bits per heavy atom. The van der Waals surface area contributed by atoms with Crippen molar-refractivity contribution in [2.24, 2.45) is 0 Å². The lowest BCUT2D eigenvalue weighted by Crippen LogP contribution is -2.09. The van der Waals surface area contributed by atoms with E-state index in [1.807, 2.05) is 0 Å². The number of benzene rings is 1. The second-order valence-electron chi connectivity index (χ2n) is 3.80. The smallest absolute Gasteiger partial charge is 0.242 e.